The Kier molecular flexibility index (Phi) is 5.16. The predicted molar refractivity (Wildman–Crippen MR) is 93.9 cm³/mol. The van der Waals surface area contributed by atoms with Crippen LogP contribution in [0.25, 0.3) is 0 Å². The summed E-state index contributed by atoms with van der Waals surface area (Å²) in [6.45, 7) is 2.06. The Morgan fingerprint density at radius 3 is 2.30 bits per heavy atom. The second-order valence-corrected chi connectivity index (χ2v) is 8.23. The number of piperazine rings is 1. The largest absolute Gasteiger partial charge is 0.507 e. The van der Waals surface area contributed by atoms with Crippen molar-refractivity contribution in [3.8, 4) is 5.75 Å². The molecule has 1 heterocycles. The molecule has 3 rings (SSSR count). The Bertz CT molecular complexity index is 987. The van der Waals surface area contributed by atoms with E-state index in [9.17, 15) is 27.1 Å². The zero-order valence-electron chi connectivity index (χ0n) is 14.5. The fraction of sp³-hybridized carbons (Fsp3) is 0.278. The smallest absolute Gasteiger partial charge is 0.257 e. The van der Waals surface area contributed by atoms with Crippen LogP contribution in [-0.4, -0.2) is 54.8 Å². The molecule has 1 fully saturated rings. The van der Waals surface area contributed by atoms with Crippen LogP contribution in [0.4, 0.5) is 8.78 Å². The molecule has 1 aliphatic rings. The summed E-state index contributed by atoms with van der Waals surface area (Å²) in [5.74, 6) is -2.88. The molecule has 0 atom stereocenters. The van der Waals surface area contributed by atoms with E-state index in [4.69, 9.17) is 0 Å². The van der Waals surface area contributed by atoms with Crippen molar-refractivity contribution in [2.75, 3.05) is 26.2 Å². The second kappa shape index (κ2) is 7.24. The number of hydrogen-bond acceptors (Lipinski definition) is 4. The van der Waals surface area contributed by atoms with Gasteiger partial charge in [0.2, 0.25) is 10.0 Å². The van der Waals surface area contributed by atoms with Crippen LogP contribution in [0.2, 0.25) is 0 Å². The van der Waals surface area contributed by atoms with Crippen LogP contribution in [0.15, 0.2) is 41.3 Å². The van der Waals surface area contributed by atoms with Gasteiger partial charge in [-0.1, -0.05) is 11.6 Å². The number of rotatable bonds is 3. The van der Waals surface area contributed by atoms with Crippen molar-refractivity contribution < 1.29 is 27.1 Å². The average Bonchev–Trinajstić information content (AvgIpc) is 2.65. The second-order valence-electron chi connectivity index (χ2n) is 6.29. The highest BCUT2D eigenvalue weighted by Gasteiger charge is 2.31. The summed E-state index contributed by atoms with van der Waals surface area (Å²) in [5.41, 5.74) is 0.975. The van der Waals surface area contributed by atoms with Crippen LogP contribution < -0.4 is 0 Å². The lowest BCUT2D eigenvalue weighted by Gasteiger charge is -2.34. The van der Waals surface area contributed by atoms with Crippen LogP contribution in [0.5, 0.6) is 5.75 Å². The third-order valence-corrected chi connectivity index (χ3v) is 6.33. The fourth-order valence-electron chi connectivity index (χ4n) is 2.91. The number of phenols is 1. The van der Waals surface area contributed by atoms with Crippen LogP contribution in [-0.2, 0) is 10.0 Å². The molecule has 1 amide bonds. The van der Waals surface area contributed by atoms with E-state index < -0.39 is 21.7 Å². The van der Waals surface area contributed by atoms with Gasteiger partial charge in [0, 0.05) is 26.2 Å². The molecule has 0 aliphatic carbocycles. The van der Waals surface area contributed by atoms with Gasteiger partial charge < -0.3 is 10.0 Å². The number of amides is 1. The molecule has 1 saturated heterocycles. The third kappa shape index (κ3) is 3.79. The molecule has 0 radical (unpaired) electrons. The summed E-state index contributed by atoms with van der Waals surface area (Å²) in [4.78, 5) is 13.7. The van der Waals surface area contributed by atoms with E-state index in [1.165, 1.54) is 11.0 Å². The molecule has 9 heteroatoms. The van der Waals surface area contributed by atoms with Crippen molar-refractivity contribution in [3.63, 3.8) is 0 Å². The summed E-state index contributed by atoms with van der Waals surface area (Å²) in [7, 11) is -3.99. The first kappa shape index (κ1) is 19.2. The number of aryl methyl sites for hydroxylation is 1. The van der Waals surface area contributed by atoms with E-state index in [2.05, 4.69) is 0 Å². The number of aromatic hydroxyl groups is 1. The maximum Gasteiger partial charge on any atom is 0.257 e. The average molecular weight is 396 g/mol. The molecule has 0 bridgehead atoms. The molecular weight excluding hydrogens is 378 g/mol. The van der Waals surface area contributed by atoms with E-state index in [1.807, 2.05) is 0 Å². The minimum absolute atomic E-state index is 0.0135. The normalized spacial score (nSPS) is 15.7. The summed E-state index contributed by atoms with van der Waals surface area (Å²) in [5, 5.41) is 9.89. The highest BCUT2D eigenvalue weighted by molar-refractivity contribution is 7.89. The Labute approximate surface area is 155 Å². The summed E-state index contributed by atoms with van der Waals surface area (Å²) in [6, 6.07) is 7.11. The van der Waals surface area contributed by atoms with Gasteiger partial charge in [-0.2, -0.15) is 4.31 Å². The van der Waals surface area contributed by atoms with Crippen molar-refractivity contribution in [2.24, 2.45) is 0 Å². The topological polar surface area (TPSA) is 77.9 Å². The van der Waals surface area contributed by atoms with Crippen molar-refractivity contribution >= 4 is 15.9 Å². The lowest BCUT2D eigenvalue weighted by Crippen LogP contribution is -2.50. The van der Waals surface area contributed by atoms with Crippen molar-refractivity contribution in [3.05, 3.63) is 59.2 Å². The number of carbonyl (C=O) groups is 1. The summed E-state index contributed by atoms with van der Waals surface area (Å²) >= 11 is 0. The zero-order valence-corrected chi connectivity index (χ0v) is 15.3. The molecule has 6 nitrogen and oxygen atoms in total. The number of benzene rings is 2. The number of hydrogen-bond donors (Lipinski definition) is 1. The lowest BCUT2D eigenvalue weighted by molar-refractivity contribution is 0.0694. The third-order valence-electron chi connectivity index (χ3n) is 4.44. The minimum atomic E-state index is -3.99. The number of phenolic OH excluding ortho intramolecular Hbond substituents is 1. The van der Waals surface area contributed by atoms with Crippen molar-refractivity contribution in [1.82, 2.24) is 9.21 Å². The molecule has 27 heavy (non-hydrogen) atoms. The summed E-state index contributed by atoms with van der Waals surface area (Å²) in [6.07, 6.45) is 0. The van der Waals surface area contributed by atoms with Crippen LogP contribution in [0.1, 0.15) is 15.9 Å². The first-order valence-corrected chi connectivity index (χ1v) is 9.68. The lowest BCUT2D eigenvalue weighted by atomic mass is 10.1. The Hall–Kier alpha value is -2.52. The number of carbonyl (C=O) groups excluding carboxylic acids is 1. The van der Waals surface area contributed by atoms with E-state index >= 15 is 0 Å². The first-order valence-electron chi connectivity index (χ1n) is 8.24. The quantitative estimate of drug-likeness (QED) is 0.862. The highest BCUT2D eigenvalue weighted by atomic mass is 32.2. The molecule has 2 aromatic rings. The molecular formula is C18H18F2N2O4S. The van der Waals surface area contributed by atoms with Gasteiger partial charge in [-0.05, 0) is 37.3 Å². The molecule has 144 valence electrons. The molecule has 0 spiro atoms. The van der Waals surface area contributed by atoms with Gasteiger partial charge in [0.05, 0.1) is 10.5 Å². The molecule has 0 saturated carbocycles. The van der Waals surface area contributed by atoms with E-state index in [0.717, 1.165) is 22.0 Å². The minimum Gasteiger partial charge on any atom is -0.507 e. The van der Waals surface area contributed by atoms with Gasteiger partial charge in [0.25, 0.3) is 5.91 Å². The van der Waals surface area contributed by atoms with Crippen molar-refractivity contribution in [2.45, 2.75) is 11.8 Å². The fourth-order valence-corrected chi connectivity index (χ4v) is 4.34. The maximum atomic E-state index is 13.4. The number of nitrogens with zero attached hydrogens (tertiary/aromatic N) is 2. The number of sulfonamides is 1. The Morgan fingerprint density at radius 2 is 1.67 bits per heavy atom. The molecule has 0 unspecified atom stereocenters. The van der Waals surface area contributed by atoms with Gasteiger partial charge in [0.1, 0.15) is 5.75 Å². The standard InChI is InChI=1S/C18H18F2N2O4S/c1-12-2-5-17(23)14(10-12)18(24)21-6-8-22(9-7-21)27(25,26)13-3-4-15(19)16(20)11-13/h2-5,10-11,23H,6-9H2,1H3. The highest BCUT2D eigenvalue weighted by Crippen LogP contribution is 2.23. The van der Waals surface area contributed by atoms with Crippen LogP contribution in [0, 0.1) is 18.6 Å². The van der Waals surface area contributed by atoms with E-state index in [1.54, 1.807) is 19.1 Å². The maximum absolute atomic E-state index is 13.4. The Balaban J connectivity index is 1.73. The van der Waals surface area contributed by atoms with Gasteiger partial charge in [-0.3, -0.25) is 4.79 Å². The molecule has 0 aromatic heterocycles. The van der Waals surface area contributed by atoms with Crippen molar-refractivity contribution in [1.29, 1.82) is 0 Å². The molecule has 1 N–H and O–H groups in total. The molecule has 2 aromatic carbocycles. The van der Waals surface area contributed by atoms with E-state index in [0.29, 0.717) is 6.07 Å². The molecule has 1 aliphatic heterocycles. The van der Waals surface area contributed by atoms with Gasteiger partial charge in [-0.15, -0.1) is 0 Å². The predicted octanol–water partition coefficient (Wildman–Crippen LogP) is 2.13. The van der Waals surface area contributed by atoms with Gasteiger partial charge in [-0.25, -0.2) is 17.2 Å². The Morgan fingerprint density at radius 1 is 1.00 bits per heavy atom. The van der Waals surface area contributed by atoms with E-state index in [-0.39, 0.29) is 48.3 Å². The van der Waals surface area contributed by atoms with Crippen LogP contribution in [0.3, 0.4) is 0 Å². The SMILES string of the molecule is Cc1ccc(O)c(C(=O)N2CCN(S(=O)(=O)c3ccc(F)c(F)c3)CC2)c1. The van der Waals surface area contributed by atoms with Crippen LogP contribution >= 0.6 is 0 Å². The van der Waals surface area contributed by atoms with Gasteiger partial charge >= 0.3 is 0 Å². The first-order chi connectivity index (χ1) is 12.7. The summed E-state index contributed by atoms with van der Waals surface area (Å²) < 4.78 is 52.7. The monoisotopic (exact) mass is 396 g/mol. The van der Waals surface area contributed by atoms with Gasteiger partial charge in [0.15, 0.2) is 11.6 Å². The number of halogens is 2. The zero-order chi connectivity index (χ0) is 19.8.